The molecule has 1 aliphatic rings. The van der Waals surface area contributed by atoms with Crippen LogP contribution in [0.2, 0.25) is 0 Å². The summed E-state index contributed by atoms with van der Waals surface area (Å²) in [7, 11) is 0. The fraction of sp³-hybridized carbons (Fsp3) is 0.280. The van der Waals surface area contributed by atoms with Crippen LogP contribution in [-0.2, 0) is 13.1 Å². The molecule has 4 aromatic rings. The first kappa shape index (κ1) is 20.6. The number of nitrogens with zero attached hydrogens (tertiary/aromatic N) is 4. The predicted molar refractivity (Wildman–Crippen MR) is 129 cm³/mol. The summed E-state index contributed by atoms with van der Waals surface area (Å²) >= 11 is 0. The van der Waals surface area contributed by atoms with Gasteiger partial charge >= 0.3 is 0 Å². The molecule has 0 spiro atoms. The lowest BCUT2D eigenvalue weighted by atomic mass is 10.0. The van der Waals surface area contributed by atoms with E-state index >= 15 is 0 Å². The lowest BCUT2D eigenvalue weighted by Gasteiger charge is -2.32. The number of hydrogen-bond acceptors (Lipinski definition) is 6. The van der Waals surface area contributed by atoms with Crippen molar-refractivity contribution in [3.8, 4) is 22.5 Å². The number of aromatic nitrogens is 3. The van der Waals surface area contributed by atoms with Crippen LogP contribution in [0, 0.1) is 0 Å². The van der Waals surface area contributed by atoms with Crippen LogP contribution in [0.15, 0.2) is 60.9 Å². The molecule has 0 saturated carbocycles. The maximum atomic E-state index is 6.29. The highest BCUT2D eigenvalue weighted by Gasteiger charge is 2.24. The summed E-state index contributed by atoms with van der Waals surface area (Å²) in [5.41, 5.74) is 25.0. The topological polar surface area (TPSA) is 111 Å². The molecule has 7 nitrogen and oxygen atoms in total. The Morgan fingerprint density at radius 2 is 1.56 bits per heavy atom. The van der Waals surface area contributed by atoms with E-state index in [-0.39, 0.29) is 6.04 Å². The molecule has 3 heterocycles. The lowest BCUT2D eigenvalue weighted by Crippen LogP contribution is -2.43. The van der Waals surface area contributed by atoms with Crippen LogP contribution in [0.3, 0.4) is 0 Å². The molecule has 0 aliphatic carbocycles. The van der Waals surface area contributed by atoms with Crippen LogP contribution in [0.1, 0.15) is 24.0 Å². The van der Waals surface area contributed by atoms with Crippen molar-refractivity contribution < 1.29 is 0 Å². The van der Waals surface area contributed by atoms with Gasteiger partial charge < -0.3 is 22.1 Å². The Kier molecular flexibility index (Phi) is 5.61. The van der Waals surface area contributed by atoms with Gasteiger partial charge in [-0.15, -0.1) is 0 Å². The quantitative estimate of drug-likeness (QED) is 0.452. The van der Waals surface area contributed by atoms with Crippen LogP contribution in [0.5, 0.6) is 0 Å². The van der Waals surface area contributed by atoms with Gasteiger partial charge in [0.2, 0.25) is 0 Å². The van der Waals surface area contributed by atoms with Gasteiger partial charge in [0.1, 0.15) is 0 Å². The van der Waals surface area contributed by atoms with E-state index in [2.05, 4.69) is 62.8 Å². The van der Waals surface area contributed by atoms with Crippen molar-refractivity contribution in [2.24, 2.45) is 17.2 Å². The van der Waals surface area contributed by atoms with E-state index in [0.29, 0.717) is 13.1 Å². The Morgan fingerprint density at radius 1 is 0.906 bits per heavy atom. The van der Waals surface area contributed by atoms with Crippen molar-refractivity contribution in [3.05, 3.63) is 72.1 Å². The molecule has 1 saturated heterocycles. The van der Waals surface area contributed by atoms with Crippen LogP contribution < -0.4 is 22.1 Å². The molecule has 0 unspecified atom stereocenters. The zero-order valence-corrected chi connectivity index (χ0v) is 18.1. The number of piperidine rings is 1. The summed E-state index contributed by atoms with van der Waals surface area (Å²) in [6.07, 6.45) is 5.94. The van der Waals surface area contributed by atoms with Crippen molar-refractivity contribution in [1.82, 2.24) is 14.4 Å². The largest absolute Gasteiger partial charge is 0.352 e. The molecular weight excluding hydrogens is 398 g/mol. The fourth-order valence-electron chi connectivity index (χ4n) is 4.46. The van der Waals surface area contributed by atoms with E-state index < -0.39 is 0 Å². The Labute approximate surface area is 187 Å². The zero-order valence-electron chi connectivity index (χ0n) is 18.1. The molecule has 1 fully saturated rings. The van der Waals surface area contributed by atoms with E-state index in [1.165, 1.54) is 0 Å². The molecule has 1 aliphatic heterocycles. The molecule has 2 aromatic heterocycles. The van der Waals surface area contributed by atoms with Crippen LogP contribution in [0.25, 0.3) is 28.2 Å². The maximum Gasteiger partial charge on any atom is 0.180 e. The van der Waals surface area contributed by atoms with Crippen LogP contribution in [0.4, 0.5) is 5.82 Å². The number of anilines is 1. The van der Waals surface area contributed by atoms with Crippen molar-refractivity contribution in [2.45, 2.75) is 32.0 Å². The average Bonchev–Trinajstić information content (AvgIpc) is 3.33. The number of fused-ring (bicyclic) bond motifs is 1. The number of imidazole rings is 1. The molecule has 7 heteroatoms. The Morgan fingerprint density at radius 3 is 2.19 bits per heavy atom. The number of nitrogens with two attached hydrogens (primary N) is 3. The van der Waals surface area contributed by atoms with Gasteiger partial charge in [-0.05, 0) is 24.0 Å². The Hall–Kier alpha value is -3.26. The standard InChI is InChI=1S/C25H29N7/c26-14-17-3-7-19(8-4-17)22-23(20-9-5-18(15-27)6-10-20)32-13-11-29-24(32)25(30-22)31-12-1-2-21(28)16-31/h3-11,13,21H,1-2,12,14-16,26-28H2/t21-/m1/s1. The second kappa shape index (κ2) is 8.70. The van der Waals surface area contributed by atoms with E-state index in [1.54, 1.807) is 0 Å². The minimum Gasteiger partial charge on any atom is -0.352 e. The van der Waals surface area contributed by atoms with Gasteiger partial charge in [-0.2, -0.15) is 0 Å². The van der Waals surface area contributed by atoms with E-state index in [1.807, 2.05) is 12.4 Å². The van der Waals surface area contributed by atoms with Crippen LogP contribution >= 0.6 is 0 Å². The van der Waals surface area contributed by atoms with Crippen molar-refractivity contribution in [3.63, 3.8) is 0 Å². The molecule has 1 atom stereocenters. The number of benzene rings is 2. The Bertz CT molecular complexity index is 1210. The summed E-state index contributed by atoms with van der Waals surface area (Å²) in [6.45, 7) is 2.74. The summed E-state index contributed by atoms with van der Waals surface area (Å²) in [6, 6.07) is 16.8. The third kappa shape index (κ3) is 3.75. The first-order valence-corrected chi connectivity index (χ1v) is 11.1. The highest BCUT2D eigenvalue weighted by atomic mass is 15.2. The van der Waals surface area contributed by atoms with Crippen molar-refractivity contribution >= 4 is 11.5 Å². The van der Waals surface area contributed by atoms with Crippen molar-refractivity contribution in [2.75, 3.05) is 18.0 Å². The summed E-state index contributed by atoms with van der Waals surface area (Å²) in [5, 5.41) is 0. The molecule has 6 N–H and O–H groups in total. The molecule has 5 rings (SSSR count). The second-order valence-corrected chi connectivity index (χ2v) is 8.40. The summed E-state index contributed by atoms with van der Waals surface area (Å²) in [4.78, 5) is 12.2. The average molecular weight is 428 g/mol. The van der Waals surface area contributed by atoms with E-state index in [9.17, 15) is 0 Å². The highest BCUT2D eigenvalue weighted by molar-refractivity contribution is 5.84. The van der Waals surface area contributed by atoms with Gasteiger partial charge in [0, 0.05) is 55.7 Å². The first-order chi connectivity index (χ1) is 15.7. The minimum absolute atomic E-state index is 0.149. The molecule has 0 radical (unpaired) electrons. The van der Waals surface area contributed by atoms with Crippen molar-refractivity contribution in [1.29, 1.82) is 0 Å². The Balaban J connectivity index is 1.74. The minimum atomic E-state index is 0.149. The van der Waals surface area contributed by atoms with Gasteiger partial charge in [-0.25, -0.2) is 9.97 Å². The highest BCUT2D eigenvalue weighted by Crippen LogP contribution is 2.35. The molecular formula is C25H29N7. The molecule has 32 heavy (non-hydrogen) atoms. The van der Waals surface area contributed by atoms with Gasteiger partial charge in [0.05, 0.1) is 11.4 Å². The molecule has 0 bridgehead atoms. The fourth-order valence-corrected chi connectivity index (χ4v) is 4.46. The van der Waals surface area contributed by atoms with E-state index in [0.717, 1.165) is 71.0 Å². The van der Waals surface area contributed by atoms with Gasteiger partial charge in [-0.1, -0.05) is 48.5 Å². The third-order valence-electron chi connectivity index (χ3n) is 6.21. The second-order valence-electron chi connectivity index (χ2n) is 8.40. The normalized spacial score (nSPS) is 16.6. The van der Waals surface area contributed by atoms with Crippen LogP contribution in [-0.4, -0.2) is 33.5 Å². The molecule has 2 aromatic carbocycles. The third-order valence-corrected chi connectivity index (χ3v) is 6.21. The SMILES string of the molecule is NCc1ccc(-c2nc(N3CCC[C@@H](N)C3)c3nccn3c2-c2ccc(CN)cc2)cc1. The molecule has 164 valence electrons. The predicted octanol–water partition coefficient (Wildman–Crippen LogP) is 2.91. The monoisotopic (exact) mass is 427 g/mol. The number of rotatable bonds is 5. The van der Waals surface area contributed by atoms with Gasteiger partial charge in [0.25, 0.3) is 0 Å². The summed E-state index contributed by atoms with van der Waals surface area (Å²) < 4.78 is 2.14. The van der Waals surface area contributed by atoms with Gasteiger partial charge in [-0.3, -0.25) is 4.40 Å². The lowest BCUT2D eigenvalue weighted by molar-refractivity contribution is 0.503. The van der Waals surface area contributed by atoms with Gasteiger partial charge in [0.15, 0.2) is 11.5 Å². The maximum absolute atomic E-state index is 6.29. The smallest absolute Gasteiger partial charge is 0.180 e. The first-order valence-electron chi connectivity index (χ1n) is 11.1. The summed E-state index contributed by atoms with van der Waals surface area (Å²) in [5.74, 6) is 0.880. The number of hydrogen-bond donors (Lipinski definition) is 3. The van der Waals surface area contributed by atoms with E-state index in [4.69, 9.17) is 22.2 Å². The zero-order chi connectivity index (χ0) is 22.1. The molecule has 0 amide bonds.